The maximum absolute atomic E-state index is 12.3. The van der Waals surface area contributed by atoms with Gasteiger partial charge in [-0.3, -0.25) is 0 Å². The third kappa shape index (κ3) is 5.51. The van der Waals surface area contributed by atoms with Gasteiger partial charge in [0.1, 0.15) is 17.1 Å². The number of carbonyl (C=O) groups excluding carboxylic acids is 1. The number of hydrogen-bond donors (Lipinski definition) is 0. The first-order valence-electron chi connectivity index (χ1n) is 9.15. The second-order valence-corrected chi connectivity index (χ2v) is 6.12. The molecule has 4 nitrogen and oxygen atoms in total. The molecular weight excluding hydrogens is 328 g/mol. The van der Waals surface area contributed by atoms with E-state index in [0.717, 1.165) is 43.4 Å². The fourth-order valence-corrected chi connectivity index (χ4v) is 3.00. The highest BCUT2D eigenvalue weighted by Crippen LogP contribution is 2.25. The lowest BCUT2D eigenvalue weighted by Crippen LogP contribution is -2.10. The molecule has 0 heterocycles. The molecule has 2 rings (SSSR count). The van der Waals surface area contributed by atoms with E-state index in [9.17, 15) is 4.79 Å². The van der Waals surface area contributed by atoms with E-state index in [1.54, 1.807) is 20.3 Å². The molecule has 0 bridgehead atoms. The van der Waals surface area contributed by atoms with Crippen molar-refractivity contribution in [2.45, 2.75) is 39.0 Å². The van der Waals surface area contributed by atoms with Gasteiger partial charge in [0.15, 0.2) is 0 Å². The zero-order valence-electron chi connectivity index (χ0n) is 15.9. The third-order valence-corrected chi connectivity index (χ3v) is 4.38. The lowest BCUT2D eigenvalue weighted by molar-refractivity contribution is 0.0521. The minimum atomic E-state index is -0.307. The van der Waals surface area contributed by atoms with Crippen LogP contribution in [0.1, 0.15) is 47.7 Å². The number of carbonyl (C=O) groups is 1. The first kappa shape index (κ1) is 19.8. The maximum atomic E-state index is 12.3. The Hall–Kier alpha value is -2.49. The van der Waals surface area contributed by atoms with Crippen LogP contribution in [0.15, 0.2) is 42.5 Å². The smallest absolute Gasteiger partial charge is 0.342 e. The van der Waals surface area contributed by atoms with Gasteiger partial charge in [0.2, 0.25) is 0 Å². The van der Waals surface area contributed by atoms with Crippen molar-refractivity contribution in [1.82, 2.24) is 0 Å². The van der Waals surface area contributed by atoms with Gasteiger partial charge < -0.3 is 14.2 Å². The Morgan fingerprint density at radius 2 is 1.62 bits per heavy atom. The van der Waals surface area contributed by atoms with Crippen molar-refractivity contribution in [1.29, 1.82) is 0 Å². The van der Waals surface area contributed by atoms with E-state index in [0.29, 0.717) is 17.9 Å². The Bertz CT molecular complexity index is 692. The highest BCUT2D eigenvalue weighted by molar-refractivity contribution is 5.94. The first-order valence-corrected chi connectivity index (χ1v) is 9.15. The van der Waals surface area contributed by atoms with E-state index >= 15 is 0 Å². The molecule has 140 valence electrons. The van der Waals surface area contributed by atoms with Crippen molar-refractivity contribution in [2.75, 3.05) is 20.8 Å². The Morgan fingerprint density at radius 1 is 0.885 bits per heavy atom. The molecule has 0 radical (unpaired) electrons. The van der Waals surface area contributed by atoms with E-state index in [4.69, 9.17) is 14.2 Å². The van der Waals surface area contributed by atoms with E-state index in [1.807, 2.05) is 31.2 Å². The molecule has 0 atom stereocenters. The molecule has 0 aliphatic rings. The van der Waals surface area contributed by atoms with Crippen molar-refractivity contribution in [3.63, 3.8) is 0 Å². The molecule has 0 aliphatic carbocycles. The monoisotopic (exact) mass is 356 g/mol. The summed E-state index contributed by atoms with van der Waals surface area (Å²) >= 11 is 0. The lowest BCUT2D eigenvalue weighted by Gasteiger charge is -2.13. The number of esters is 1. The summed E-state index contributed by atoms with van der Waals surface area (Å²) in [4.78, 5) is 12.3. The van der Waals surface area contributed by atoms with Gasteiger partial charge in [-0.05, 0) is 61.9 Å². The average Bonchev–Trinajstić information content (AvgIpc) is 2.68. The van der Waals surface area contributed by atoms with Crippen LogP contribution < -0.4 is 9.47 Å². The summed E-state index contributed by atoms with van der Waals surface area (Å²) < 4.78 is 15.7. The summed E-state index contributed by atoms with van der Waals surface area (Å²) in [7, 11) is 3.26. The maximum Gasteiger partial charge on any atom is 0.342 e. The Balaban J connectivity index is 1.87. The summed E-state index contributed by atoms with van der Waals surface area (Å²) in [5.41, 5.74) is 2.87. The number of aryl methyl sites for hydroxylation is 2. The van der Waals surface area contributed by atoms with Crippen LogP contribution in [0, 0.1) is 0 Å². The Labute approximate surface area is 156 Å². The fraction of sp³-hybridized carbons (Fsp3) is 0.409. The molecule has 26 heavy (non-hydrogen) atoms. The van der Waals surface area contributed by atoms with Crippen LogP contribution in [0.2, 0.25) is 0 Å². The molecule has 0 saturated heterocycles. The predicted octanol–water partition coefficient (Wildman–Crippen LogP) is 4.84. The van der Waals surface area contributed by atoms with Gasteiger partial charge in [0.05, 0.1) is 20.8 Å². The average molecular weight is 356 g/mol. The minimum Gasteiger partial charge on any atom is -0.497 e. The summed E-state index contributed by atoms with van der Waals surface area (Å²) in [6.07, 6.45) is 5.13. The SMILES string of the molecule is CCOC(=O)c1c(CCCCCc2ccc(OC)cc2)cccc1OC. The zero-order chi connectivity index (χ0) is 18.8. The van der Waals surface area contributed by atoms with Crippen molar-refractivity contribution >= 4 is 5.97 Å². The van der Waals surface area contributed by atoms with Crippen LogP contribution >= 0.6 is 0 Å². The summed E-state index contributed by atoms with van der Waals surface area (Å²) in [5.74, 6) is 1.16. The molecule has 0 saturated carbocycles. The number of hydrogen-bond acceptors (Lipinski definition) is 4. The first-order chi connectivity index (χ1) is 12.7. The number of unbranched alkanes of at least 4 members (excludes halogenated alkanes) is 2. The van der Waals surface area contributed by atoms with Crippen LogP contribution in [0.3, 0.4) is 0 Å². The van der Waals surface area contributed by atoms with Crippen molar-refractivity contribution in [3.05, 3.63) is 59.2 Å². The third-order valence-electron chi connectivity index (χ3n) is 4.38. The van der Waals surface area contributed by atoms with Crippen LogP contribution in [-0.2, 0) is 17.6 Å². The molecule has 0 amide bonds. The fourth-order valence-electron chi connectivity index (χ4n) is 3.00. The van der Waals surface area contributed by atoms with Crippen LogP contribution in [0.4, 0.5) is 0 Å². The molecule has 0 aliphatic heterocycles. The number of benzene rings is 2. The quantitative estimate of drug-likeness (QED) is 0.451. The van der Waals surface area contributed by atoms with Crippen LogP contribution in [0.5, 0.6) is 11.5 Å². The van der Waals surface area contributed by atoms with Gasteiger partial charge in [0, 0.05) is 0 Å². The molecular formula is C22H28O4. The largest absolute Gasteiger partial charge is 0.497 e. The second-order valence-electron chi connectivity index (χ2n) is 6.12. The summed E-state index contributed by atoms with van der Waals surface area (Å²) in [5, 5.41) is 0. The van der Waals surface area contributed by atoms with E-state index in [2.05, 4.69) is 12.1 Å². The van der Waals surface area contributed by atoms with Crippen molar-refractivity contribution < 1.29 is 19.0 Å². The van der Waals surface area contributed by atoms with E-state index in [1.165, 1.54) is 5.56 Å². The second kappa shape index (κ2) is 10.5. The summed E-state index contributed by atoms with van der Waals surface area (Å²) in [6, 6.07) is 13.9. The number of methoxy groups -OCH3 is 2. The van der Waals surface area contributed by atoms with Crippen molar-refractivity contribution in [3.8, 4) is 11.5 Å². The molecule has 2 aromatic rings. The molecule has 4 heteroatoms. The molecule has 0 spiro atoms. The Kier molecular flexibility index (Phi) is 8.00. The van der Waals surface area contributed by atoms with Gasteiger partial charge in [-0.15, -0.1) is 0 Å². The molecule has 0 N–H and O–H groups in total. The molecule has 0 unspecified atom stereocenters. The van der Waals surface area contributed by atoms with Crippen molar-refractivity contribution in [2.24, 2.45) is 0 Å². The topological polar surface area (TPSA) is 44.8 Å². The van der Waals surface area contributed by atoms with E-state index < -0.39 is 0 Å². The van der Waals surface area contributed by atoms with E-state index in [-0.39, 0.29) is 5.97 Å². The predicted molar refractivity (Wildman–Crippen MR) is 103 cm³/mol. The van der Waals surface area contributed by atoms with Gasteiger partial charge in [-0.25, -0.2) is 4.79 Å². The Morgan fingerprint density at radius 3 is 2.27 bits per heavy atom. The van der Waals surface area contributed by atoms with Crippen LogP contribution in [0.25, 0.3) is 0 Å². The highest BCUT2D eigenvalue weighted by atomic mass is 16.5. The summed E-state index contributed by atoms with van der Waals surface area (Å²) in [6.45, 7) is 2.17. The number of rotatable bonds is 10. The molecule has 2 aromatic carbocycles. The van der Waals surface area contributed by atoms with Gasteiger partial charge in [0.25, 0.3) is 0 Å². The number of ether oxygens (including phenoxy) is 3. The standard InChI is InChI=1S/C22H28O4/c1-4-26-22(23)21-18(11-8-12-20(21)25-3)10-7-5-6-9-17-13-15-19(24-2)16-14-17/h8,11-16H,4-7,9-10H2,1-3H3. The normalized spacial score (nSPS) is 10.4. The molecule has 0 aromatic heterocycles. The minimum absolute atomic E-state index is 0.307. The van der Waals surface area contributed by atoms with Gasteiger partial charge in [-0.1, -0.05) is 30.7 Å². The zero-order valence-corrected chi connectivity index (χ0v) is 15.9. The molecule has 0 fully saturated rings. The van der Waals surface area contributed by atoms with Gasteiger partial charge >= 0.3 is 5.97 Å². The highest BCUT2D eigenvalue weighted by Gasteiger charge is 2.17. The van der Waals surface area contributed by atoms with Crippen LogP contribution in [-0.4, -0.2) is 26.8 Å². The van der Waals surface area contributed by atoms with Gasteiger partial charge in [-0.2, -0.15) is 0 Å². The lowest BCUT2D eigenvalue weighted by atomic mass is 9.99.